The van der Waals surface area contributed by atoms with Crippen LogP contribution >= 0.6 is 0 Å². The van der Waals surface area contributed by atoms with Gasteiger partial charge >= 0.3 is 0 Å². The van der Waals surface area contributed by atoms with Crippen molar-refractivity contribution in [2.24, 2.45) is 35.5 Å². The molecule has 0 radical (unpaired) electrons. The SMILES string of the molecule is CCCCC1CCC(COc2ccc3c(c2F)-c2c-3cc(OCC3CCC(C4CCC(C)CC4)CC3)c(F)c2F)CC1. The summed E-state index contributed by atoms with van der Waals surface area (Å²) in [5.74, 6) is 1.58. The fraction of sp³-hybridized carbons (Fsp3) is 0.676. The zero-order chi connectivity index (χ0) is 29.2. The lowest BCUT2D eigenvalue weighted by atomic mass is 9.69. The van der Waals surface area contributed by atoms with Gasteiger partial charge < -0.3 is 9.47 Å². The van der Waals surface area contributed by atoms with Crippen molar-refractivity contribution < 1.29 is 22.6 Å². The third-order valence-electron chi connectivity index (χ3n) is 11.3. The Morgan fingerprint density at radius 3 is 1.81 bits per heavy atom. The van der Waals surface area contributed by atoms with Crippen LogP contribution in [0.3, 0.4) is 0 Å². The van der Waals surface area contributed by atoms with E-state index in [1.165, 1.54) is 70.6 Å². The summed E-state index contributed by atoms with van der Waals surface area (Å²) in [5, 5.41) is 0. The van der Waals surface area contributed by atoms with Gasteiger partial charge in [-0.05, 0) is 116 Å². The molecule has 2 aromatic rings. The number of benzene rings is 2. The molecule has 2 nitrogen and oxygen atoms in total. The van der Waals surface area contributed by atoms with Gasteiger partial charge in [0.2, 0.25) is 5.82 Å². The third-order valence-corrected chi connectivity index (χ3v) is 11.3. The first kappa shape index (κ1) is 29.9. The molecule has 2 aromatic carbocycles. The maximum absolute atomic E-state index is 15.5. The van der Waals surface area contributed by atoms with Gasteiger partial charge in [-0.15, -0.1) is 0 Å². The van der Waals surface area contributed by atoms with Gasteiger partial charge in [0.25, 0.3) is 0 Å². The molecule has 0 heterocycles. The molecule has 42 heavy (non-hydrogen) atoms. The van der Waals surface area contributed by atoms with E-state index in [4.69, 9.17) is 9.47 Å². The van der Waals surface area contributed by atoms with Gasteiger partial charge in [0.15, 0.2) is 23.1 Å². The second kappa shape index (κ2) is 13.2. The summed E-state index contributed by atoms with van der Waals surface area (Å²) in [7, 11) is 0. The number of rotatable bonds is 10. The van der Waals surface area contributed by atoms with Crippen LogP contribution in [0.15, 0.2) is 18.2 Å². The second-order valence-corrected chi connectivity index (χ2v) is 14.2. The minimum Gasteiger partial charge on any atom is -0.490 e. The smallest absolute Gasteiger partial charge is 0.201 e. The molecule has 0 N–H and O–H groups in total. The van der Waals surface area contributed by atoms with E-state index in [0.717, 1.165) is 49.4 Å². The molecule has 0 amide bonds. The fourth-order valence-electron chi connectivity index (χ4n) is 8.42. The Morgan fingerprint density at radius 1 is 0.619 bits per heavy atom. The monoisotopic (exact) mass is 582 g/mol. The zero-order valence-electron chi connectivity index (χ0n) is 25.7. The highest BCUT2D eigenvalue weighted by atomic mass is 19.2. The highest BCUT2D eigenvalue weighted by Crippen LogP contribution is 2.54. The molecule has 4 aliphatic carbocycles. The third kappa shape index (κ3) is 6.22. The molecule has 0 atom stereocenters. The van der Waals surface area contributed by atoms with Gasteiger partial charge in [0, 0.05) is 11.1 Å². The average molecular weight is 583 g/mol. The van der Waals surface area contributed by atoms with Crippen molar-refractivity contribution in [3.63, 3.8) is 0 Å². The van der Waals surface area contributed by atoms with E-state index in [-0.39, 0.29) is 22.6 Å². The maximum atomic E-state index is 15.5. The lowest BCUT2D eigenvalue weighted by Gasteiger charge is -2.37. The summed E-state index contributed by atoms with van der Waals surface area (Å²) < 4.78 is 57.7. The van der Waals surface area contributed by atoms with Crippen molar-refractivity contribution in [2.75, 3.05) is 13.2 Å². The lowest BCUT2D eigenvalue weighted by molar-refractivity contribution is 0.124. The van der Waals surface area contributed by atoms with E-state index in [1.54, 1.807) is 18.2 Å². The van der Waals surface area contributed by atoms with Gasteiger partial charge in [0.1, 0.15) is 0 Å². The van der Waals surface area contributed by atoms with Gasteiger partial charge in [-0.25, -0.2) is 8.78 Å². The van der Waals surface area contributed by atoms with E-state index in [0.29, 0.717) is 36.2 Å². The first-order valence-corrected chi connectivity index (χ1v) is 17.0. The van der Waals surface area contributed by atoms with Crippen molar-refractivity contribution in [3.05, 3.63) is 35.7 Å². The van der Waals surface area contributed by atoms with Crippen LogP contribution < -0.4 is 9.47 Å². The standard InChI is InChI=1S/C37H49F3O2/c1-3-4-5-24-8-10-25(11-9-24)21-41-31-19-18-29-30-20-32(36(39)37(40)34(30)33(29)35(31)38)42-22-26-12-16-28(17-13-26)27-14-6-23(2)7-15-27/h18-20,23-28H,3-17,21-22H2,1-2H3. The van der Waals surface area contributed by atoms with Gasteiger partial charge in [-0.1, -0.05) is 58.8 Å². The zero-order valence-corrected chi connectivity index (χ0v) is 25.7. The molecule has 3 saturated carbocycles. The highest BCUT2D eigenvalue weighted by Gasteiger charge is 2.36. The Bertz CT molecular complexity index is 1220. The Kier molecular flexibility index (Phi) is 9.41. The Labute approximate surface area is 250 Å². The Hall–Kier alpha value is -2.17. The Morgan fingerprint density at radius 2 is 1.17 bits per heavy atom. The molecule has 4 aliphatic rings. The average Bonchev–Trinajstić information content (AvgIpc) is 3.00. The van der Waals surface area contributed by atoms with Crippen molar-refractivity contribution in [1.29, 1.82) is 0 Å². The molecule has 6 rings (SSSR count). The Balaban J connectivity index is 1.03. The molecular weight excluding hydrogens is 533 g/mol. The topological polar surface area (TPSA) is 18.5 Å². The highest BCUT2D eigenvalue weighted by molar-refractivity contribution is 6.04. The molecular formula is C37H49F3O2. The van der Waals surface area contributed by atoms with E-state index in [2.05, 4.69) is 13.8 Å². The van der Waals surface area contributed by atoms with Crippen molar-refractivity contribution in [2.45, 2.75) is 110 Å². The van der Waals surface area contributed by atoms with Crippen LogP contribution in [0.1, 0.15) is 110 Å². The largest absolute Gasteiger partial charge is 0.490 e. The number of hydrogen-bond acceptors (Lipinski definition) is 2. The lowest BCUT2D eigenvalue weighted by Crippen LogP contribution is -2.27. The van der Waals surface area contributed by atoms with Gasteiger partial charge in [-0.2, -0.15) is 4.39 Å². The predicted molar refractivity (Wildman–Crippen MR) is 163 cm³/mol. The van der Waals surface area contributed by atoms with E-state index < -0.39 is 17.5 Å². The molecule has 0 aliphatic heterocycles. The quantitative estimate of drug-likeness (QED) is 0.237. The number of fused-ring (bicyclic) bond motifs is 4. The van der Waals surface area contributed by atoms with Gasteiger partial charge in [0.05, 0.1) is 13.2 Å². The summed E-state index contributed by atoms with van der Waals surface area (Å²) in [6, 6.07) is 4.96. The number of ether oxygens (including phenoxy) is 2. The number of halogens is 3. The molecule has 0 spiro atoms. The van der Waals surface area contributed by atoms with Crippen LogP contribution in [0, 0.1) is 53.0 Å². The molecule has 3 fully saturated rings. The predicted octanol–water partition coefficient (Wildman–Crippen LogP) is 11.1. The number of hydrogen-bond donors (Lipinski definition) is 0. The van der Waals surface area contributed by atoms with E-state index in [1.807, 2.05) is 0 Å². The molecule has 5 heteroatoms. The molecule has 0 unspecified atom stereocenters. The van der Waals surface area contributed by atoms with Crippen molar-refractivity contribution in [3.8, 4) is 33.8 Å². The minimum atomic E-state index is -1.02. The second-order valence-electron chi connectivity index (χ2n) is 14.2. The summed E-state index contributed by atoms with van der Waals surface area (Å²) in [4.78, 5) is 0. The van der Waals surface area contributed by atoms with Crippen LogP contribution in [0.2, 0.25) is 0 Å². The van der Waals surface area contributed by atoms with Gasteiger partial charge in [-0.3, -0.25) is 0 Å². The summed E-state index contributed by atoms with van der Waals surface area (Å²) in [6.07, 6.45) is 18.5. The van der Waals surface area contributed by atoms with Crippen LogP contribution in [0.25, 0.3) is 22.3 Å². The first-order valence-electron chi connectivity index (χ1n) is 17.0. The molecule has 0 bridgehead atoms. The van der Waals surface area contributed by atoms with Crippen LogP contribution in [0.4, 0.5) is 13.2 Å². The summed E-state index contributed by atoms with van der Waals surface area (Å²) in [6.45, 7) is 5.47. The fourth-order valence-corrected chi connectivity index (χ4v) is 8.42. The summed E-state index contributed by atoms with van der Waals surface area (Å²) in [5.41, 5.74) is 1.25. The first-order chi connectivity index (χ1) is 20.4. The minimum absolute atomic E-state index is 0.0107. The molecule has 0 saturated heterocycles. The molecule has 0 aromatic heterocycles. The van der Waals surface area contributed by atoms with Crippen LogP contribution in [-0.4, -0.2) is 13.2 Å². The van der Waals surface area contributed by atoms with Crippen molar-refractivity contribution >= 4 is 0 Å². The summed E-state index contributed by atoms with van der Waals surface area (Å²) >= 11 is 0. The van der Waals surface area contributed by atoms with Crippen LogP contribution in [0.5, 0.6) is 11.5 Å². The van der Waals surface area contributed by atoms with E-state index in [9.17, 15) is 0 Å². The van der Waals surface area contributed by atoms with E-state index >= 15 is 13.2 Å². The maximum Gasteiger partial charge on any atom is 0.201 e. The normalized spacial score (nSPS) is 28.9. The molecule has 230 valence electrons. The van der Waals surface area contributed by atoms with Crippen molar-refractivity contribution in [1.82, 2.24) is 0 Å². The number of unbranched alkanes of at least 4 members (excludes halogenated alkanes) is 1. The van der Waals surface area contributed by atoms with Crippen LogP contribution in [-0.2, 0) is 0 Å².